The van der Waals surface area contributed by atoms with Crippen LogP contribution in [0.5, 0.6) is 0 Å². The average Bonchev–Trinajstić information content (AvgIpc) is 1.74. The van der Waals surface area contributed by atoms with Crippen LogP contribution in [0.2, 0.25) is 0 Å². The molecule has 0 radical (unpaired) electrons. The zero-order valence-electron chi connectivity index (χ0n) is 56.5. The van der Waals surface area contributed by atoms with E-state index in [2.05, 4.69) is 133 Å². The molecule has 97 heavy (non-hydrogen) atoms. The standard InChI is InChI=1S/C25H33N7O.C25H32N6O.C23H29N7O2/c1-5-18(4)27-19-9-8-10-20(15-19)28-23-22-24(32(16-26-22)17(2)3)30-25(29-23)31-13-7-6-11-21(31)12-14-33;1-4-18(3)27-20-9-8-10-21(15-20)28-24-16-23(29-25-19(5-2)17-26-31(24)25)30-13-7-6-11-22(30)12-14-32;1-3-16-15-24-30-21(16)27-22(29-12-6-5-10-19(29)11-13-31)28-23(30)26-18-9-7-8-17(14-18)25-20(32)4-2/h5,8-10,15-17,21,27,33H,1,4,6-7,11-14H2,2-3H3,(H,28,29,30);4,8-10,15-17,22,27-28,32H,1,3,5-7,11-14H2,2H3;4,7-9,14-15,19,31H,2-3,5-6,10-13H2,1H3,(H,25,32)(H,26,27,28)/t21-;22-;19-/m000/s1. The molecular formula is C73H94N20O4. The van der Waals surface area contributed by atoms with Gasteiger partial charge in [-0.3, -0.25) is 4.79 Å². The molecule has 0 spiro atoms. The Labute approximate surface area is 568 Å². The van der Waals surface area contributed by atoms with Crippen molar-refractivity contribution in [2.75, 3.05) is 86.1 Å². The van der Waals surface area contributed by atoms with E-state index >= 15 is 0 Å². The van der Waals surface area contributed by atoms with Crippen LogP contribution < -0.4 is 46.6 Å². The van der Waals surface area contributed by atoms with Crippen LogP contribution in [0.25, 0.3) is 22.5 Å². The fourth-order valence-corrected chi connectivity index (χ4v) is 12.6. The van der Waals surface area contributed by atoms with Gasteiger partial charge in [0.1, 0.15) is 11.6 Å². The molecule has 0 saturated carbocycles. The normalized spacial score (nSPS) is 16.2. The highest BCUT2D eigenvalue weighted by molar-refractivity contribution is 5.99. The van der Waals surface area contributed by atoms with Crippen molar-refractivity contribution in [3.8, 4) is 0 Å². The van der Waals surface area contributed by atoms with Crippen molar-refractivity contribution in [3.63, 3.8) is 0 Å². The molecule has 3 saturated heterocycles. The first-order valence-corrected chi connectivity index (χ1v) is 34.0. The van der Waals surface area contributed by atoms with E-state index in [9.17, 15) is 20.1 Å². The minimum atomic E-state index is -0.270. The van der Waals surface area contributed by atoms with Crippen LogP contribution in [0, 0.1) is 0 Å². The predicted octanol–water partition coefficient (Wildman–Crippen LogP) is 13.2. The molecule has 3 fully saturated rings. The van der Waals surface area contributed by atoms with Gasteiger partial charge < -0.3 is 66.5 Å². The Kier molecular flexibility index (Phi) is 24.0. The van der Waals surface area contributed by atoms with E-state index in [4.69, 9.17) is 24.9 Å². The predicted molar refractivity (Wildman–Crippen MR) is 392 cm³/mol. The second kappa shape index (κ2) is 33.5. The molecule has 3 aliphatic rings. The summed E-state index contributed by atoms with van der Waals surface area (Å²) >= 11 is 0. The second-order valence-corrected chi connectivity index (χ2v) is 24.7. The first-order chi connectivity index (χ1) is 47.2. The Bertz CT molecular complexity index is 4010. The molecule has 3 aromatic carbocycles. The molecule has 510 valence electrons. The fraction of sp³-hybridized carbons (Fsp3) is 0.384. The van der Waals surface area contributed by atoms with E-state index < -0.39 is 0 Å². The van der Waals surface area contributed by atoms with Crippen LogP contribution in [0.15, 0.2) is 160 Å². The van der Waals surface area contributed by atoms with Gasteiger partial charge in [-0.25, -0.2) is 9.97 Å². The van der Waals surface area contributed by atoms with Crippen LogP contribution >= 0.6 is 0 Å². The molecule has 0 aliphatic carbocycles. The number of piperidine rings is 3. The number of aliphatic hydroxyl groups is 3. The maximum Gasteiger partial charge on any atom is 0.247 e. The Morgan fingerprint density at radius 1 is 0.557 bits per heavy atom. The minimum absolute atomic E-state index is 0.143. The molecular weight excluding hydrogens is 1220 g/mol. The van der Waals surface area contributed by atoms with Crippen molar-refractivity contribution in [1.82, 2.24) is 53.7 Å². The molecule has 3 atom stereocenters. The number of rotatable bonds is 26. The minimum Gasteiger partial charge on any atom is -0.396 e. The molecule has 12 rings (SSSR count). The maximum atomic E-state index is 11.7. The zero-order valence-corrected chi connectivity index (χ0v) is 56.5. The van der Waals surface area contributed by atoms with Crippen LogP contribution in [0.3, 0.4) is 0 Å². The number of hydrogen-bond donors (Lipinski definition) is 9. The van der Waals surface area contributed by atoms with Crippen molar-refractivity contribution in [3.05, 3.63) is 171 Å². The molecule has 9 N–H and O–H groups in total. The van der Waals surface area contributed by atoms with Crippen LogP contribution in [-0.2, 0) is 17.6 Å². The summed E-state index contributed by atoms with van der Waals surface area (Å²) in [5.74, 6) is 4.06. The topological polar surface area (TPSA) is 277 Å². The first-order valence-electron chi connectivity index (χ1n) is 34.0. The van der Waals surface area contributed by atoms with Crippen molar-refractivity contribution in [2.45, 2.75) is 142 Å². The summed E-state index contributed by atoms with van der Waals surface area (Å²) in [5, 5.41) is 57.3. The maximum absolute atomic E-state index is 11.7. The second-order valence-electron chi connectivity index (χ2n) is 24.7. The molecule has 0 bridgehead atoms. The van der Waals surface area contributed by atoms with Gasteiger partial charge in [-0.05, 0) is 177 Å². The first kappa shape index (κ1) is 69.7. The van der Waals surface area contributed by atoms with Crippen LogP contribution in [-0.4, -0.2) is 133 Å². The quantitative estimate of drug-likeness (QED) is 0.0180. The molecule has 0 unspecified atom stereocenters. The molecule has 3 aliphatic heterocycles. The number of aromatic nitrogens is 11. The Morgan fingerprint density at radius 3 is 1.56 bits per heavy atom. The van der Waals surface area contributed by atoms with E-state index in [1.54, 1.807) is 16.7 Å². The van der Waals surface area contributed by atoms with Gasteiger partial charge in [-0.1, -0.05) is 64.9 Å². The molecule has 24 heteroatoms. The summed E-state index contributed by atoms with van der Waals surface area (Å²) in [6.07, 6.45) is 23.9. The number of carbonyl (C=O) groups excluding carboxylic acids is 1. The lowest BCUT2D eigenvalue weighted by atomic mass is 9.99. The van der Waals surface area contributed by atoms with Crippen LogP contribution in [0.4, 0.5) is 69.4 Å². The van der Waals surface area contributed by atoms with Crippen LogP contribution in [0.1, 0.15) is 122 Å². The van der Waals surface area contributed by atoms with Gasteiger partial charge in [-0.15, -0.1) is 0 Å². The largest absolute Gasteiger partial charge is 0.396 e. The Balaban J connectivity index is 0.000000158. The number of fused-ring (bicyclic) bond motifs is 3. The number of anilines is 12. The van der Waals surface area contributed by atoms with Gasteiger partial charge in [-0.2, -0.15) is 39.2 Å². The Morgan fingerprint density at radius 2 is 1.03 bits per heavy atom. The van der Waals surface area contributed by atoms with Gasteiger partial charge in [0.15, 0.2) is 28.3 Å². The highest BCUT2D eigenvalue weighted by atomic mass is 16.3. The third kappa shape index (κ3) is 17.3. The summed E-state index contributed by atoms with van der Waals surface area (Å²) in [4.78, 5) is 47.6. The monoisotopic (exact) mass is 1310 g/mol. The summed E-state index contributed by atoms with van der Waals surface area (Å²) in [7, 11) is 0. The van der Waals surface area contributed by atoms with Gasteiger partial charge in [0.2, 0.25) is 23.8 Å². The lowest BCUT2D eigenvalue weighted by molar-refractivity contribution is -0.111. The third-order valence-corrected chi connectivity index (χ3v) is 17.7. The average molecular weight is 1320 g/mol. The number of carbonyl (C=O) groups is 1. The lowest BCUT2D eigenvalue weighted by Gasteiger charge is -2.36. The van der Waals surface area contributed by atoms with E-state index in [1.807, 2.05) is 96.0 Å². The van der Waals surface area contributed by atoms with Crippen molar-refractivity contribution < 1.29 is 20.1 Å². The van der Waals surface area contributed by atoms with Gasteiger partial charge >= 0.3 is 0 Å². The molecule has 9 heterocycles. The highest BCUT2D eigenvalue weighted by Gasteiger charge is 2.30. The summed E-state index contributed by atoms with van der Waals surface area (Å²) in [6, 6.07) is 26.4. The molecule has 24 nitrogen and oxygen atoms in total. The SMILES string of the molecule is C=CC(=C)Nc1cccc(Nc2cc(N3CCCC[C@H]3CCO)nc3c(CC)cnn23)c1.C=CC(=C)Nc1cccc(Nc2nc(N3CCCC[C@H]3CCO)nc3c2ncn3C(C)C)c1.C=CC(=O)Nc1cccc(Nc2nc(N3CCCC[C@H]3CCO)nc3c(CC)cnn23)c1. The third-order valence-electron chi connectivity index (χ3n) is 17.7. The van der Waals surface area contributed by atoms with E-state index in [0.29, 0.717) is 48.2 Å². The zero-order chi connectivity index (χ0) is 68.4. The number of imidazole rings is 1. The van der Waals surface area contributed by atoms with Gasteiger partial charge in [0.05, 0.1) is 18.7 Å². The van der Waals surface area contributed by atoms with Gasteiger partial charge in [0.25, 0.3) is 0 Å². The number of allylic oxidation sites excluding steroid dienone is 2. The highest BCUT2D eigenvalue weighted by Crippen LogP contribution is 2.35. The number of amides is 1. The number of nitrogens with one attached hydrogen (secondary N) is 6. The summed E-state index contributed by atoms with van der Waals surface area (Å²) < 4.78 is 5.65. The number of aryl methyl sites for hydroxylation is 2. The number of nitrogens with zero attached hydrogens (tertiary/aromatic N) is 14. The smallest absolute Gasteiger partial charge is 0.247 e. The van der Waals surface area contributed by atoms with E-state index in [1.165, 1.54) is 12.5 Å². The van der Waals surface area contributed by atoms with E-state index in [-0.39, 0.29) is 43.9 Å². The molecule has 9 aromatic rings. The fourth-order valence-electron chi connectivity index (χ4n) is 12.6. The van der Waals surface area contributed by atoms with Gasteiger partial charge in [0, 0.05) is 126 Å². The number of hydrogen-bond acceptors (Lipinski definition) is 20. The number of aliphatic hydroxyl groups excluding tert-OH is 3. The van der Waals surface area contributed by atoms with Crippen molar-refractivity contribution >= 4 is 97.8 Å². The molecule has 6 aromatic heterocycles. The van der Waals surface area contributed by atoms with E-state index in [0.717, 1.165) is 175 Å². The van der Waals surface area contributed by atoms with Crippen molar-refractivity contribution in [1.29, 1.82) is 0 Å². The number of benzene rings is 3. The molecule has 1 amide bonds. The van der Waals surface area contributed by atoms with Crippen molar-refractivity contribution in [2.24, 2.45) is 0 Å². The summed E-state index contributed by atoms with van der Waals surface area (Å²) in [5.41, 5.74) is 11.9. The summed E-state index contributed by atoms with van der Waals surface area (Å²) in [6.45, 7) is 30.5. The Hall–Kier alpha value is -10.2. The lowest BCUT2D eigenvalue weighted by Crippen LogP contribution is -2.41.